The van der Waals surface area contributed by atoms with Crippen LogP contribution >= 0.6 is 0 Å². The van der Waals surface area contributed by atoms with E-state index < -0.39 is 11.7 Å². The first kappa shape index (κ1) is 22.2. The molecule has 1 atom stereocenters. The Labute approximate surface area is 163 Å². The van der Waals surface area contributed by atoms with Crippen LogP contribution < -0.4 is 15.4 Å². The van der Waals surface area contributed by atoms with Gasteiger partial charge in [0.2, 0.25) is 5.88 Å². The average molecular weight is 403 g/mol. The minimum atomic E-state index is -4.40. The normalized spacial score (nSPS) is 17.2. The van der Waals surface area contributed by atoms with Crippen LogP contribution in [0.2, 0.25) is 0 Å². The third-order valence-corrected chi connectivity index (χ3v) is 4.23. The van der Waals surface area contributed by atoms with Crippen LogP contribution in [-0.2, 0) is 10.9 Å². The smallest absolute Gasteiger partial charge is 0.417 e. The maximum atomic E-state index is 12.5. The van der Waals surface area contributed by atoms with Crippen LogP contribution in [0.5, 0.6) is 5.88 Å². The molecule has 28 heavy (non-hydrogen) atoms. The molecule has 1 fully saturated rings. The lowest BCUT2D eigenvalue weighted by atomic mass is 10.2. The summed E-state index contributed by atoms with van der Waals surface area (Å²) >= 11 is 0. The number of alkyl halides is 3. The lowest BCUT2D eigenvalue weighted by molar-refractivity contribution is -0.137. The van der Waals surface area contributed by atoms with Crippen LogP contribution in [-0.4, -0.2) is 74.4 Å². The number of rotatable bonds is 8. The van der Waals surface area contributed by atoms with E-state index in [9.17, 15) is 13.2 Å². The van der Waals surface area contributed by atoms with Crippen molar-refractivity contribution in [3.63, 3.8) is 0 Å². The van der Waals surface area contributed by atoms with E-state index in [1.807, 2.05) is 6.92 Å². The third kappa shape index (κ3) is 7.51. The maximum absolute atomic E-state index is 12.5. The molecule has 0 bridgehead atoms. The summed E-state index contributed by atoms with van der Waals surface area (Å²) in [6.07, 6.45) is -3.63. The van der Waals surface area contributed by atoms with Crippen LogP contribution in [0.1, 0.15) is 19.4 Å². The number of hydrogen-bond donors (Lipinski definition) is 2. The predicted octanol–water partition coefficient (Wildman–Crippen LogP) is 1.75. The Bertz CT molecular complexity index is 604. The van der Waals surface area contributed by atoms with E-state index in [1.54, 1.807) is 0 Å². The first-order valence-corrected chi connectivity index (χ1v) is 9.40. The molecule has 0 saturated carbocycles. The van der Waals surface area contributed by atoms with Gasteiger partial charge in [0.1, 0.15) is 6.61 Å². The molecular weight excluding hydrogens is 375 g/mol. The minimum absolute atomic E-state index is 0.151. The second-order valence-electron chi connectivity index (χ2n) is 6.38. The molecule has 1 aromatic rings. The zero-order chi connectivity index (χ0) is 20.4. The van der Waals surface area contributed by atoms with Gasteiger partial charge in [0.15, 0.2) is 5.96 Å². The molecule has 0 amide bonds. The number of nitrogens with zero attached hydrogens (tertiary/aromatic N) is 3. The average Bonchev–Trinajstić information content (AvgIpc) is 2.69. The molecule has 158 valence electrons. The first-order chi connectivity index (χ1) is 13.4. The zero-order valence-electron chi connectivity index (χ0n) is 16.3. The largest absolute Gasteiger partial charge is 0.476 e. The number of aliphatic imine (C=N–C) groups is 1. The van der Waals surface area contributed by atoms with Gasteiger partial charge >= 0.3 is 6.18 Å². The van der Waals surface area contributed by atoms with E-state index in [-0.39, 0.29) is 12.5 Å². The Kier molecular flexibility index (Phi) is 8.78. The van der Waals surface area contributed by atoms with Gasteiger partial charge < -0.3 is 20.1 Å². The summed E-state index contributed by atoms with van der Waals surface area (Å²) in [7, 11) is 0. The highest BCUT2D eigenvalue weighted by Crippen LogP contribution is 2.29. The van der Waals surface area contributed by atoms with E-state index in [2.05, 4.69) is 32.4 Å². The van der Waals surface area contributed by atoms with Crippen molar-refractivity contribution < 1.29 is 22.6 Å². The number of guanidine groups is 1. The molecule has 1 aromatic heterocycles. The van der Waals surface area contributed by atoms with Gasteiger partial charge in [0.25, 0.3) is 0 Å². The van der Waals surface area contributed by atoms with Gasteiger partial charge in [-0.1, -0.05) is 0 Å². The molecule has 1 saturated heterocycles. The van der Waals surface area contributed by atoms with Crippen molar-refractivity contribution in [1.29, 1.82) is 0 Å². The van der Waals surface area contributed by atoms with Crippen molar-refractivity contribution in [3.8, 4) is 5.88 Å². The van der Waals surface area contributed by atoms with Gasteiger partial charge in [-0.3, -0.25) is 9.89 Å². The highest BCUT2D eigenvalue weighted by molar-refractivity contribution is 5.79. The van der Waals surface area contributed by atoms with Crippen LogP contribution in [0.15, 0.2) is 23.3 Å². The molecule has 7 nitrogen and oxygen atoms in total. The van der Waals surface area contributed by atoms with Crippen LogP contribution in [0.25, 0.3) is 0 Å². The van der Waals surface area contributed by atoms with Gasteiger partial charge in [-0.2, -0.15) is 13.2 Å². The summed E-state index contributed by atoms with van der Waals surface area (Å²) in [6.45, 7) is 9.51. The fraction of sp³-hybridized carbons (Fsp3) is 0.667. The summed E-state index contributed by atoms with van der Waals surface area (Å²) in [5, 5.41) is 6.31. The second kappa shape index (κ2) is 11.1. The van der Waals surface area contributed by atoms with Crippen molar-refractivity contribution in [2.75, 3.05) is 52.5 Å². The topological polar surface area (TPSA) is 71.0 Å². The van der Waals surface area contributed by atoms with E-state index in [1.165, 1.54) is 6.07 Å². The van der Waals surface area contributed by atoms with Crippen LogP contribution in [0.4, 0.5) is 13.2 Å². The fourth-order valence-corrected chi connectivity index (χ4v) is 2.66. The summed E-state index contributed by atoms with van der Waals surface area (Å²) in [4.78, 5) is 10.6. The van der Waals surface area contributed by atoms with Crippen LogP contribution in [0.3, 0.4) is 0 Å². The summed E-state index contributed by atoms with van der Waals surface area (Å²) in [6, 6.07) is 2.48. The first-order valence-electron chi connectivity index (χ1n) is 9.40. The van der Waals surface area contributed by atoms with E-state index in [0.717, 1.165) is 45.1 Å². The highest BCUT2D eigenvalue weighted by Gasteiger charge is 2.30. The standard InChI is InChI=1S/C18H28F3N5O2/c1-3-22-17(25-12-14(2)26-7-10-27-11-8-26)23-6-9-28-16-5-4-15(13-24-16)18(19,20)21/h4-5,13-14H,3,6-12H2,1-2H3,(H2,22,23,25). The Morgan fingerprint density at radius 2 is 2.07 bits per heavy atom. The second-order valence-corrected chi connectivity index (χ2v) is 6.38. The molecule has 1 aliphatic heterocycles. The summed E-state index contributed by atoms with van der Waals surface area (Å²) in [5.74, 6) is 0.823. The number of nitrogens with one attached hydrogen (secondary N) is 2. The molecule has 0 aliphatic carbocycles. The molecular formula is C18H28F3N5O2. The van der Waals surface area contributed by atoms with E-state index in [0.29, 0.717) is 25.1 Å². The molecule has 2 heterocycles. The van der Waals surface area contributed by atoms with Crippen molar-refractivity contribution >= 4 is 5.96 Å². The Morgan fingerprint density at radius 3 is 2.68 bits per heavy atom. The predicted molar refractivity (Wildman–Crippen MR) is 101 cm³/mol. The third-order valence-electron chi connectivity index (χ3n) is 4.23. The fourth-order valence-electron chi connectivity index (χ4n) is 2.66. The molecule has 10 heteroatoms. The van der Waals surface area contributed by atoms with E-state index in [4.69, 9.17) is 9.47 Å². The number of halogens is 3. The van der Waals surface area contributed by atoms with Gasteiger partial charge in [0, 0.05) is 37.9 Å². The lowest BCUT2D eigenvalue weighted by Gasteiger charge is -2.31. The lowest BCUT2D eigenvalue weighted by Crippen LogP contribution is -2.45. The molecule has 2 rings (SSSR count). The van der Waals surface area contributed by atoms with Gasteiger partial charge in [0.05, 0.1) is 31.9 Å². The van der Waals surface area contributed by atoms with Gasteiger partial charge in [-0.05, 0) is 19.9 Å². The monoisotopic (exact) mass is 403 g/mol. The SMILES string of the molecule is CCNC(=NCC(C)N1CCOCC1)NCCOc1ccc(C(F)(F)F)cn1. The molecule has 0 radical (unpaired) electrons. The number of aromatic nitrogens is 1. The minimum Gasteiger partial charge on any atom is -0.476 e. The van der Waals surface area contributed by atoms with Gasteiger partial charge in [-0.15, -0.1) is 0 Å². The number of hydrogen-bond acceptors (Lipinski definition) is 5. The quantitative estimate of drug-likeness (QED) is 0.392. The molecule has 1 unspecified atom stereocenters. The van der Waals surface area contributed by atoms with Crippen LogP contribution in [0, 0.1) is 0 Å². The zero-order valence-corrected chi connectivity index (χ0v) is 16.3. The van der Waals surface area contributed by atoms with Crippen molar-refractivity contribution in [2.24, 2.45) is 4.99 Å². The molecule has 1 aliphatic rings. The summed E-state index contributed by atoms with van der Waals surface area (Å²) < 4.78 is 48.3. The van der Waals surface area contributed by atoms with E-state index >= 15 is 0 Å². The Balaban J connectivity index is 1.74. The number of morpholine rings is 1. The summed E-state index contributed by atoms with van der Waals surface area (Å²) in [5.41, 5.74) is -0.797. The number of ether oxygens (including phenoxy) is 2. The molecule has 2 N–H and O–H groups in total. The van der Waals surface area contributed by atoms with Crippen molar-refractivity contribution in [1.82, 2.24) is 20.5 Å². The van der Waals surface area contributed by atoms with Crippen molar-refractivity contribution in [3.05, 3.63) is 23.9 Å². The maximum Gasteiger partial charge on any atom is 0.417 e. The Hall–Kier alpha value is -2.07. The number of pyridine rings is 1. The van der Waals surface area contributed by atoms with Gasteiger partial charge in [-0.25, -0.2) is 4.98 Å². The molecule has 0 aromatic carbocycles. The molecule has 0 spiro atoms. The Morgan fingerprint density at radius 1 is 1.32 bits per heavy atom. The highest BCUT2D eigenvalue weighted by atomic mass is 19.4. The van der Waals surface area contributed by atoms with Crippen molar-refractivity contribution in [2.45, 2.75) is 26.1 Å².